The largest absolute Gasteiger partial charge is 0.481 e. The van der Waals surface area contributed by atoms with Crippen molar-refractivity contribution < 1.29 is 19.2 Å². The number of nitrogens with zero attached hydrogens (tertiary/aromatic N) is 1. The van der Waals surface area contributed by atoms with E-state index < -0.39 is 5.97 Å². The number of rotatable bonds is 8. The Bertz CT molecular complexity index is 494. The lowest BCUT2D eigenvalue weighted by Gasteiger charge is -2.11. The molecule has 0 aliphatic rings. The highest BCUT2D eigenvalue weighted by Crippen LogP contribution is 2.22. The minimum absolute atomic E-state index is 0.0986. The molecule has 1 heterocycles. The molecule has 1 amide bonds. The summed E-state index contributed by atoms with van der Waals surface area (Å²) in [5.41, 5.74) is 1.11. The minimum Gasteiger partial charge on any atom is -0.481 e. The van der Waals surface area contributed by atoms with E-state index in [0.29, 0.717) is 30.0 Å². The van der Waals surface area contributed by atoms with Crippen LogP contribution in [0.3, 0.4) is 0 Å². The van der Waals surface area contributed by atoms with Crippen molar-refractivity contribution in [3.63, 3.8) is 0 Å². The summed E-state index contributed by atoms with van der Waals surface area (Å²) in [7, 11) is 0. The molecule has 21 heavy (non-hydrogen) atoms. The highest BCUT2D eigenvalue weighted by atomic mass is 16.5. The molecule has 6 heteroatoms. The van der Waals surface area contributed by atoms with E-state index >= 15 is 0 Å². The Hall–Kier alpha value is -1.85. The van der Waals surface area contributed by atoms with E-state index in [1.165, 1.54) is 0 Å². The van der Waals surface area contributed by atoms with Gasteiger partial charge in [-0.15, -0.1) is 0 Å². The van der Waals surface area contributed by atoms with Gasteiger partial charge in [-0.1, -0.05) is 25.9 Å². The molecule has 1 aromatic heterocycles. The average molecular weight is 296 g/mol. The molecule has 1 rings (SSSR count). The average Bonchev–Trinajstić information content (AvgIpc) is 2.78. The molecule has 0 bridgehead atoms. The first kappa shape index (κ1) is 17.2. The van der Waals surface area contributed by atoms with Crippen molar-refractivity contribution in [1.29, 1.82) is 0 Å². The molecule has 0 spiro atoms. The number of aromatic nitrogens is 1. The van der Waals surface area contributed by atoms with Crippen LogP contribution < -0.4 is 5.32 Å². The molecule has 118 valence electrons. The van der Waals surface area contributed by atoms with E-state index in [0.717, 1.165) is 6.42 Å². The van der Waals surface area contributed by atoms with Crippen molar-refractivity contribution >= 4 is 11.9 Å². The van der Waals surface area contributed by atoms with Crippen LogP contribution >= 0.6 is 0 Å². The maximum absolute atomic E-state index is 12.2. The van der Waals surface area contributed by atoms with E-state index in [9.17, 15) is 9.59 Å². The molecule has 0 saturated heterocycles. The van der Waals surface area contributed by atoms with Gasteiger partial charge in [0.25, 0.3) is 5.91 Å². The van der Waals surface area contributed by atoms with Crippen LogP contribution in [0.4, 0.5) is 0 Å². The summed E-state index contributed by atoms with van der Waals surface area (Å²) >= 11 is 0. The number of carbonyl (C=O) groups is 2. The number of nitrogens with one attached hydrogen (secondary N) is 1. The summed E-state index contributed by atoms with van der Waals surface area (Å²) in [5.74, 6) is -0.00431. The van der Waals surface area contributed by atoms with Gasteiger partial charge in [0, 0.05) is 18.9 Å². The SMILES string of the molecule is Cc1noc(C(C)C)c1C(=O)NCCC(C)CCC(=O)O. The van der Waals surface area contributed by atoms with Gasteiger partial charge in [-0.2, -0.15) is 0 Å². The lowest BCUT2D eigenvalue weighted by atomic mass is 10.0. The van der Waals surface area contributed by atoms with Crippen molar-refractivity contribution in [1.82, 2.24) is 10.5 Å². The van der Waals surface area contributed by atoms with E-state index in [4.69, 9.17) is 9.63 Å². The summed E-state index contributed by atoms with van der Waals surface area (Å²) in [6.45, 7) is 8.15. The van der Waals surface area contributed by atoms with Gasteiger partial charge in [-0.25, -0.2) is 0 Å². The summed E-state index contributed by atoms with van der Waals surface area (Å²) in [6.07, 6.45) is 1.53. The fourth-order valence-corrected chi connectivity index (χ4v) is 2.09. The Morgan fingerprint density at radius 1 is 1.29 bits per heavy atom. The lowest BCUT2D eigenvalue weighted by molar-refractivity contribution is -0.137. The predicted molar refractivity (Wildman–Crippen MR) is 78.3 cm³/mol. The van der Waals surface area contributed by atoms with E-state index in [1.807, 2.05) is 20.8 Å². The summed E-state index contributed by atoms with van der Waals surface area (Å²) < 4.78 is 5.19. The molecular formula is C15H24N2O4. The first-order valence-corrected chi connectivity index (χ1v) is 7.29. The Balaban J connectivity index is 2.48. The van der Waals surface area contributed by atoms with Crippen LogP contribution in [-0.2, 0) is 4.79 Å². The fraction of sp³-hybridized carbons (Fsp3) is 0.667. The Labute approximate surface area is 124 Å². The van der Waals surface area contributed by atoms with Crippen molar-refractivity contribution in [3.8, 4) is 0 Å². The van der Waals surface area contributed by atoms with Crippen LogP contribution in [0.2, 0.25) is 0 Å². The molecule has 0 fully saturated rings. The normalized spacial score (nSPS) is 12.4. The monoisotopic (exact) mass is 296 g/mol. The summed E-state index contributed by atoms with van der Waals surface area (Å²) in [6, 6.07) is 0. The topological polar surface area (TPSA) is 92.4 Å². The number of carbonyl (C=O) groups excluding carboxylic acids is 1. The van der Waals surface area contributed by atoms with Crippen LogP contribution in [0.15, 0.2) is 4.52 Å². The first-order chi connectivity index (χ1) is 9.82. The molecule has 0 aliphatic heterocycles. The van der Waals surface area contributed by atoms with Gasteiger partial charge in [-0.3, -0.25) is 9.59 Å². The molecule has 1 atom stereocenters. The third-order valence-electron chi connectivity index (χ3n) is 3.41. The van der Waals surface area contributed by atoms with Crippen molar-refractivity contribution in [2.75, 3.05) is 6.54 Å². The molecule has 2 N–H and O–H groups in total. The van der Waals surface area contributed by atoms with E-state index in [2.05, 4.69) is 10.5 Å². The van der Waals surface area contributed by atoms with E-state index in [-0.39, 0.29) is 24.2 Å². The van der Waals surface area contributed by atoms with Gasteiger partial charge in [0.15, 0.2) is 5.76 Å². The molecule has 0 aromatic carbocycles. The van der Waals surface area contributed by atoms with Crippen LogP contribution in [0.25, 0.3) is 0 Å². The molecule has 6 nitrogen and oxygen atoms in total. The Morgan fingerprint density at radius 3 is 2.52 bits per heavy atom. The zero-order chi connectivity index (χ0) is 16.0. The first-order valence-electron chi connectivity index (χ1n) is 7.29. The van der Waals surface area contributed by atoms with Gasteiger partial charge in [0.1, 0.15) is 5.56 Å². The van der Waals surface area contributed by atoms with Crippen LogP contribution in [0.5, 0.6) is 0 Å². The zero-order valence-electron chi connectivity index (χ0n) is 13.1. The van der Waals surface area contributed by atoms with Crippen molar-refractivity contribution in [3.05, 3.63) is 17.0 Å². The summed E-state index contributed by atoms with van der Waals surface area (Å²) in [4.78, 5) is 22.7. The number of carboxylic acid groups (broad SMARTS) is 1. The van der Waals surface area contributed by atoms with Gasteiger partial charge in [0.2, 0.25) is 0 Å². The van der Waals surface area contributed by atoms with Crippen LogP contribution in [0.1, 0.15) is 67.8 Å². The number of carboxylic acids is 1. The molecule has 0 saturated carbocycles. The van der Waals surface area contributed by atoms with Crippen molar-refractivity contribution in [2.45, 2.75) is 52.9 Å². The zero-order valence-corrected chi connectivity index (χ0v) is 13.1. The van der Waals surface area contributed by atoms with Crippen LogP contribution in [-0.4, -0.2) is 28.7 Å². The Morgan fingerprint density at radius 2 is 1.95 bits per heavy atom. The third kappa shape index (κ3) is 5.21. The number of hydrogen-bond donors (Lipinski definition) is 2. The summed E-state index contributed by atoms with van der Waals surface area (Å²) in [5, 5.41) is 15.3. The molecule has 0 radical (unpaired) electrons. The van der Waals surface area contributed by atoms with Gasteiger partial charge in [-0.05, 0) is 25.7 Å². The molecule has 1 unspecified atom stereocenters. The predicted octanol–water partition coefficient (Wildman–Crippen LogP) is 2.73. The van der Waals surface area contributed by atoms with Gasteiger partial charge >= 0.3 is 5.97 Å². The molecular weight excluding hydrogens is 272 g/mol. The Kier molecular flexibility index (Phi) is 6.39. The number of amides is 1. The van der Waals surface area contributed by atoms with Gasteiger partial charge in [0.05, 0.1) is 5.69 Å². The second-order valence-corrected chi connectivity index (χ2v) is 5.74. The van der Waals surface area contributed by atoms with E-state index in [1.54, 1.807) is 6.92 Å². The molecule has 1 aromatic rings. The minimum atomic E-state index is -0.785. The standard InChI is InChI=1S/C15H24N2O4/c1-9(2)14-13(11(4)17-21-14)15(20)16-8-7-10(3)5-6-12(18)19/h9-10H,5-8H2,1-4H3,(H,16,20)(H,18,19). The van der Waals surface area contributed by atoms with Crippen LogP contribution in [0, 0.1) is 12.8 Å². The van der Waals surface area contributed by atoms with Gasteiger partial charge < -0.3 is 14.9 Å². The lowest BCUT2D eigenvalue weighted by Crippen LogP contribution is -2.27. The second-order valence-electron chi connectivity index (χ2n) is 5.74. The maximum atomic E-state index is 12.2. The highest BCUT2D eigenvalue weighted by Gasteiger charge is 2.22. The third-order valence-corrected chi connectivity index (χ3v) is 3.41. The highest BCUT2D eigenvalue weighted by molar-refractivity contribution is 5.96. The smallest absolute Gasteiger partial charge is 0.303 e. The number of aliphatic carboxylic acids is 1. The van der Waals surface area contributed by atoms with Crippen molar-refractivity contribution in [2.24, 2.45) is 5.92 Å². The fourth-order valence-electron chi connectivity index (χ4n) is 2.09. The quantitative estimate of drug-likeness (QED) is 0.769. The molecule has 0 aliphatic carbocycles. The second kappa shape index (κ2) is 7.81. The number of hydrogen-bond acceptors (Lipinski definition) is 4. The maximum Gasteiger partial charge on any atom is 0.303 e. The number of aryl methyl sites for hydroxylation is 1.